The van der Waals surface area contributed by atoms with E-state index >= 15 is 0 Å². The van der Waals surface area contributed by atoms with Gasteiger partial charge in [-0.25, -0.2) is 4.79 Å². The second-order valence-electron chi connectivity index (χ2n) is 6.49. The first-order chi connectivity index (χ1) is 11.3. The summed E-state index contributed by atoms with van der Waals surface area (Å²) < 4.78 is 0. The number of carboxylic acids is 1. The Kier molecular flexibility index (Phi) is 4.41. The Morgan fingerprint density at radius 3 is 2.42 bits per heavy atom. The summed E-state index contributed by atoms with van der Waals surface area (Å²) >= 11 is 12.3. The van der Waals surface area contributed by atoms with Gasteiger partial charge in [0.2, 0.25) is 0 Å². The van der Waals surface area contributed by atoms with Crippen molar-refractivity contribution in [2.75, 3.05) is 6.54 Å². The normalized spacial score (nSPS) is 20.1. The van der Waals surface area contributed by atoms with E-state index in [1.165, 1.54) is 0 Å². The van der Waals surface area contributed by atoms with Gasteiger partial charge in [0.25, 0.3) is 0 Å². The number of aromatic carboxylic acids is 1. The van der Waals surface area contributed by atoms with Crippen molar-refractivity contribution in [3.05, 3.63) is 68.7 Å². The maximum absolute atomic E-state index is 11.2. The molecule has 1 aliphatic rings. The van der Waals surface area contributed by atoms with E-state index in [2.05, 4.69) is 6.92 Å². The molecule has 3 rings (SSSR count). The highest BCUT2D eigenvalue weighted by atomic mass is 35.5. The number of hydrogen-bond donors (Lipinski definition) is 1. The molecular formula is C19H17Cl2NO2. The third kappa shape index (κ3) is 3.19. The highest BCUT2D eigenvalue weighted by Gasteiger charge is 2.34. The van der Waals surface area contributed by atoms with Gasteiger partial charge in [-0.1, -0.05) is 36.2 Å². The smallest absolute Gasteiger partial charge is 0.335 e. The number of halogens is 2. The Morgan fingerprint density at radius 1 is 1.17 bits per heavy atom. The fourth-order valence-electron chi connectivity index (χ4n) is 3.12. The first-order valence-electron chi connectivity index (χ1n) is 7.63. The molecule has 1 N–H and O–H groups in total. The molecule has 0 radical (unpaired) electrons. The second-order valence-corrected chi connectivity index (χ2v) is 7.37. The Morgan fingerprint density at radius 2 is 1.83 bits per heavy atom. The number of rotatable bonds is 3. The largest absolute Gasteiger partial charge is 0.478 e. The van der Waals surface area contributed by atoms with Crippen LogP contribution in [-0.2, 0) is 5.41 Å². The average molecular weight is 362 g/mol. The van der Waals surface area contributed by atoms with Gasteiger partial charge in [-0.2, -0.15) is 0 Å². The molecule has 124 valence electrons. The maximum atomic E-state index is 11.2. The van der Waals surface area contributed by atoms with Gasteiger partial charge >= 0.3 is 5.97 Å². The van der Waals surface area contributed by atoms with Crippen molar-refractivity contribution >= 4 is 34.9 Å². The minimum atomic E-state index is -0.911. The lowest BCUT2D eigenvalue weighted by atomic mass is 9.79. The Labute approximate surface area is 150 Å². The lowest BCUT2D eigenvalue weighted by Gasteiger charge is -2.24. The molecule has 0 saturated carbocycles. The maximum Gasteiger partial charge on any atom is 0.335 e. The molecule has 0 spiro atoms. The summed E-state index contributed by atoms with van der Waals surface area (Å²) in [5.74, 6) is -0.911. The third-order valence-corrected chi connectivity index (χ3v) is 4.96. The van der Waals surface area contributed by atoms with E-state index in [9.17, 15) is 4.79 Å². The molecular weight excluding hydrogens is 345 g/mol. The Hall–Kier alpha value is -1.84. The van der Waals surface area contributed by atoms with Crippen LogP contribution in [0, 0.1) is 6.92 Å². The van der Waals surface area contributed by atoms with Gasteiger partial charge in [-0.05, 0) is 53.9 Å². The summed E-state index contributed by atoms with van der Waals surface area (Å²) in [7, 11) is 0. The van der Waals surface area contributed by atoms with Crippen molar-refractivity contribution in [1.29, 1.82) is 0 Å². The van der Waals surface area contributed by atoms with Crippen LogP contribution in [0.1, 0.15) is 40.4 Å². The minimum absolute atomic E-state index is 0.163. The van der Waals surface area contributed by atoms with Crippen LogP contribution >= 0.6 is 23.2 Å². The third-order valence-electron chi connectivity index (χ3n) is 4.53. The van der Waals surface area contributed by atoms with Gasteiger partial charge in [-0.15, -0.1) is 0 Å². The molecule has 0 saturated heterocycles. The predicted molar refractivity (Wildman–Crippen MR) is 98.0 cm³/mol. The number of carboxylic acid groups (broad SMARTS) is 1. The molecule has 0 aliphatic carbocycles. The zero-order valence-electron chi connectivity index (χ0n) is 13.4. The van der Waals surface area contributed by atoms with Gasteiger partial charge in [0.15, 0.2) is 0 Å². The summed E-state index contributed by atoms with van der Waals surface area (Å²) in [5, 5.41) is 10.4. The van der Waals surface area contributed by atoms with E-state index in [1.807, 2.05) is 24.3 Å². The molecule has 5 heteroatoms. The van der Waals surface area contributed by atoms with Crippen LogP contribution in [0.15, 0.2) is 41.4 Å². The monoisotopic (exact) mass is 361 g/mol. The van der Waals surface area contributed by atoms with Crippen molar-refractivity contribution in [3.63, 3.8) is 0 Å². The molecule has 1 heterocycles. The van der Waals surface area contributed by atoms with Crippen molar-refractivity contribution in [2.45, 2.75) is 25.7 Å². The summed E-state index contributed by atoms with van der Waals surface area (Å²) in [6.45, 7) is 4.60. The van der Waals surface area contributed by atoms with E-state index in [0.29, 0.717) is 22.2 Å². The Bertz CT molecular complexity index is 840. The summed E-state index contributed by atoms with van der Waals surface area (Å²) in [4.78, 5) is 15.8. The van der Waals surface area contributed by atoms with Gasteiger partial charge in [-0.3, -0.25) is 4.99 Å². The van der Waals surface area contributed by atoms with E-state index in [-0.39, 0.29) is 5.41 Å². The molecule has 1 unspecified atom stereocenters. The molecule has 24 heavy (non-hydrogen) atoms. The lowest BCUT2D eigenvalue weighted by molar-refractivity contribution is 0.0696. The average Bonchev–Trinajstić information content (AvgIpc) is 2.90. The van der Waals surface area contributed by atoms with Gasteiger partial charge in [0, 0.05) is 34.1 Å². The molecule has 1 atom stereocenters. The van der Waals surface area contributed by atoms with Crippen molar-refractivity contribution in [2.24, 2.45) is 4.99 Å². The van der Waals surface area contributed by atoms with Crippen LogP contribution in [0.2, 0.25) is 10.0 Å². The van der Waals surface area contributed by atoms with Crippen LogP contribution in [0.4, 0.5) is 0 Å². The van der Waals surface area contributed by atoms with Crippen LogP contribution in [0.5, 0.6) is 0 Å². The zero-order chi connectivity index (χ0) is 17.5. The van der Waals surface area contributed by atoms with E-state index in [1.54, 1.807) is 19.1 Å². The fourth-order valence-corrected chi connectivity index (χ4v) is 3.65. The Balaban J connectivity index is 1.89. The molecule has 0 bridgehead atoms. The molecule has 2 aromatic carbocycles. The number of nitrogens with zero attached hydrogens (tertiary/aromatic N) is 1. The topological polar surface area (TPSA) is 49.7 Å². The van der Waals surface area contributed by atoms with Crippen molar-refractivity contribution < 1.29 is 9.90 Å². The van der Waals surface area contributed by atoms with Crippen LogP contribution in [0.3, 0.4) is 0 Å². The SMILES string of the molecule is Cc1cc(C2=NCC(C)(c3cc(Cl)cc(Cl)c3)C2)ccc1C(=O)O. The highest BCUT2D eigenvalue weighted by molar-refractivity contribution is 6.34. The quantitative estimate of drug-likeness (QED) is 0.821. The highest BCUT2D eigenvalue weighted by Crippen LogP contribution is 2.37. The summed E-state index contributed by atoms with van der Waals surface area (Å²) in [6, 6.07) is 10.9. The summed E-state index contributed by atoms with van der Waals surface area (Å²) in [6.07, 6.45) is 0.759. The minimum Gasteiger partial charge on any atom is -0.478 e. The number of benzene rings is 2. The van der Waals surface area contributed by atoms with E-state index < -0.39 is 5.97 Å². The first kappa shape index (κ1) is 17.0. The molecule has 0 fully saturated rings. The molecule has 2 aromatic rings. The zero-order valence-corrected chi connectivity index (χ0v) is 14.9. The predicted octanol–water partition coefficient (Wildman–Crippen LogP) is 5.15. The van der Waals surface area contributed by atoms with Crippen LogP contribution in [0.25, 0.3) is 0 Å². The number of aryl methyl sites for hydroxylation is 1. The second kappa shape index (κ2) is 6.23. The fraction of sp³-hybridized carbons (Fsp3) is 0.263. The van der Waals surface area contributed by atoms with E-state index in [0.717, 1.165) is 28.8 Å². The molecule has 0 aromatic heterocycles. The summed E-state index contributed by atoms with van der Waals surface area (Å²) in [5.41, 5.74) is 3.91. The van der Waals surface area contributed by atoms with Crippen LogP contribution in [-0.4, -0.2) is 23.3 Å². The van der Waals surface area contributed by atoms with Gasteiger partial charge < -0.3 is 5.11 Å². The van der Waals surface area contributed by atoms with Gasteiger partial charge in [0.05, 0.1) is 5.56 Å². The lowest BCUT2D eigenvalue weighted by Crippen LogP contribution is -2.23. The first-order valence-corrected chi connectivity index (χ1v) is 8.38. The van der Waals surface area contributed by atoms with Crippen molar-refractivity contribution in [1.82, 2.24) is 0 Å². The molecule has 3 nitrogen and oxygen atoms in total. The van der Waals surface area contributed by atoms with E-state index in [4.69, 9.17) is 33.3 Å². The standard InChI is InChI=1S/C19H17Cl2NO2/c1-11-5-12(3-4-16(11)18(23)24)17-9-19(2,10-22-17)13-6-14(20)8-15(21)7-13/h3-8H,9-10H2,1-2H3,(H,23,24). The van der Waals surface area contributed by atoms with Crippen molar-refractivity contribution in [3.8, 4) is 0 Å². The number of aliphatic imine (C=N–C) groups is 1. The molecule has 1 aliphatic heterocycles. The molecule has 0 amide bonds. The van der Waals surface area contributed by atoms with Crippen LogP contribution < -0.4 is 0 Å². The number of hydrogen-bond acceptors (Lipinski definition) is 2. The van der Waals surface area contributed by atoms with Gasteiger partial charge in [0.1, 0.15) is 0 Å². The number of carbonyl (C=O) groups is 1.